The van der Waals surface area contributed by atoms with Gasteiger partial charge in [-0.2, -0.15) is 0 Å². The van der Waals surface area contributed by atoms with Crippen molar-refractivity contribution in [2.75, 3.05) is 10.2 Å². The zero-order valence-electron chi connectivity index (χ0n) is 48.6. The molecule has 0 bridgehead atoms. The van der Waals surface area contributed by atoms with Gasteiger partial charge in [0.05, 0.1) is 5.69 Å². The van der Waals surface area contributed by atoms with E-state index in [0.29, 0.717) is 0 Å². The van der Waals surface area contributed by atoms with Gasteiger partial charge in [-0.1, -0.05) is 298 Å². The maximum absolute atomic E-state index is 6.52. The Kier molecular flexibility index (Phi) is 17.1. The van der Waals surface area contributed by atoms with Crippen LogP contribution in [0.15, 0.2) is 361 Å². The highest BCUT2D eigenvalue weighted by atomic mass is 35.5. The summed E-state index contributed by atoms with van der Waals surface area (Å²) in [6, 6.07) is 122. The highest BCUT2D eigenvalue weighted by Crippen LogP contribution is 2.46. The van der Waals surface area contributed by atoms with E-state index in [1.807, 2.05) is 66.7 Å². The Hall–Kier alpha value is -11.4. The van der Waals surface area contributed by atoms with E-state index in [4.69, 9.17) is 20.4 Å². The lowest BCUT2D eigenvalue weighted by Crippen LogP contribution is -2.11. The van der Waals surface area contributed by atoms with Crippen molar-refractivity contribution >= 4 is 83.9 Å². The lowest BCUT2D eigenvalue weighted by Gasteiger charge is -2.28. The van der Waals surface area contributed by atoms with Crippen LogP contribution in [0.3, 0.4) is 0 Å². The molecule has 16 aromatic rings. The topological polar surface area (TPSA) is 41.6 Å². The highest BCUT2D eigenvalue weighted by molar-refractivity contribution is 6.32. The molecule has 5 heteroatoms. The normalized spacial score (nSPS) is 10.9. The van der Waals surface area contributed by atoms with Crippen molar-refractivity contribution in [1.82, 2.24) is 0 Å². The van der Waals surface area contributed by atoms with E-state index >= 15 is 0 Å². The van der Waals surface area contributed by atoms with E-state index in [1.165, 1.54) is 44.5 Å². The molecule has 0 saturated carbocycles. The Bertz CT molecular complexity index is 5010. The summed E-state index contributed by atoms with van der Waals surface area (Å²) in [6.45, 7) is 0. The first kappa shape index (κ1) is 57.6. The summed E-state index contributed by atoms with van der Waals surface area (Å²) in [5.74, 6) is 0. The van der Waals surface area contributed by atoms with E-state index < -0.39 is 0 Å². The van der Waals surface area contributed by atoms with Gasteiger partial charge in [0, 0.05) is 71.6 Å². The van der Waals surface area contributed by atoms with E-state index in [2.05, 4.69) is 295 Å². The molecule has 0 atom stereocenters. The van der Waals surface area contributed by atoms with Crippen LogP contribution in [-0.2, 0) is 0 Å². The molecule has 0 aliphatic rings. The van der Waals surface area contributed by atoms with Crippen molar-refractivity contribution in [2.45, 2.75) is 7.43 Å². The smallest absolute Gasteiger partial charge is 0.143 e. The standard InChI is InChI=1S/C42H29NO.C24H19N.C18H11ClO.CH4/c1-4-14-30(15-5-1)31-24-26-34(27-25-31)43(40-22-12-10-20-36(40)32-16-6-2-7-17-32)35-28-38(33-18-8-3-9-19-33)42-39(29-35)37-21-11-13-23-41(37)44-42;1-3-9-19(10-4-1)20-15-17-22(18-16-20)25-24-14-8-7-13-23(24)21-11-5-2-6-12-21;19-13-10-15(12-6-2-1-3-7-12)18-16(11-13)14-8-4-5-9-17(14)20-18;/h1-29H;1-18,25H;1-11H;1H4. The van der Waals surface area contributed by atoms with Crippen LogP contribution in [0.1, 0.15) is 7.43 Å². The number of benzene rings is 14. The molecular weight excluding hydrogens is 1120 g/mol. The molecule has 4 nitrogen and oxygen atoms in total. The summed E-state index contributed by atoms with van der Waals surface area (Å²) in [6.07, 6.45) is 0. The van der Waals surface area contributed by atoms with Crippen LogP contribution in [0, 0.1) is 0 Å². The second-order valence-corrected chi connectivity index (χ2v) is 22.2. The molecule has 90 heavy (non-hydrogen) atoms. The van der Waals surface area contributed by atoms with Crippen LogP contribution in [-0.4, -0.2) is 0 Å². The van der Waals surface area contributed by atoms with Crippen LogP contribution in [0.25, 0.3) is 111 Å². The molecule has 1 N–H and O–H groups in total. The zero-order chi connectivity index (χ0) is 59.7. The first-order valence-corrected chi connectivity index (χ1v) is 30.3. The number of furan rings is 2. The van der Waals surface area contributed by atoms with Gasteiger partial charge in [-0.15, -0.1) is 0 Å². The summed E-state index contributed by atoms with van der Waals surface area (Å²) in [5.41, 5.74) is 23.0. The number of para-hydroxylation sites is 4. The zero-order valence-corrected chi connectivity index (χ0v) is 49.4. The predicted octanol–water partition coefficient (Wildman–Crippen LogP) is 25.4. The molecule has 0 radical (unpaired) electrons. The Morgan fingerprint density at radius 3 is 1.14 bits per heavy atom. The number of anilines is 5. The summed E-state index contributed by atoms with van der Waals surface area (Å²) >= 11 is 6.29. The largest absolute Gasteiger partial charge is 0.455 e. The summed E-state index contributed by atoms with van der Waals surface area (Å²) in [7, 11) is 0. The summed E-state index contributed by atoms with van der Waals surface area (Å²) < 4.78 is 12.6. The molecule has 0 aliphatic heterocycles. The number of hydrogen-bond donors (Lipinski definition) is 1. The van der Waals surface area contributed by atoms with Gasteiger partial charge in [-0.3, -0.25) is 0 Å². The van der Waals surface area contributed by atoms with Gasteiger partial charge >= 0.3 is 0 Å². The van der Waals surface area contributed by atoms with Crippen LogP contribution < -0.4 is 10.2 Å². The van der Waals surface area contributed by atoms with Gasteiger partial charge in [-0.25, -0.2) is 0 Å². The second-order valence-electron chi connectivity index (χ2n) is 21.7. The number of fused-ring (bicyclic) bond motifs is 6. The predicted molar refractivity (Wildman–Crippen MR) is 383 cm³/mol. The van der Waals surface area contributed by atoms with Crippen molar-refractivity contribution in [3.05, 3.63) is 357 Å². The van der Waals surface area contributed by atoms with Crippen molar-refractivity contribution in [1.29, 1.82) is 0 Å². The first-order valence-electron chi connectivity index (χ1n) is 29.9. The maximum atomic E-state index is 6.52. The Morgan fingerprint density at radius 1 is 0.267 bits per heavy atom. The average molecular weight is 1180 g/mol. The minimum atomic E-state index is 0. The molecule has 2 aromatic heterocycles. The van der Waals surface area contributed by atoms with Gasteiger partial charge in [0.25, 0.3) is 0 Å². The Labute approximate surface area is 530 Å². The van der Waals surface area contributed by atoms with E-state index in [0.717, 1.165) is 99.6 Å². The van der Waals surface area contributed by atoms with Crippen LogP contribution in [0.4, 0.5) is 28.4 Å². The Morgan fingerprint density at radius 2 is 0.633 bits per heavy atom. The molecule has 0 fully saturated rings. The fraction of sp³-hybridized carbons (Fsp3) is 0.0118. The minimum absolute atomic E-state index is 0. The van der Waals surface area contributed by atoms with Crippen molar-refractivity contribution < 1.29 is 8.83 Å². The molecule has 2 heterocycles. The third-order valence-corrected chi connectivity index (χ3v) is 16.3. The summed E-state index contributed by atoms with van der Waals surface area (Å²) in [5, 5.41) is 8.64. The molecular formula is C85H63ClN2O2. The molecule has 0 amide bonds. The minimum Gasteiger partial charge on any atom is -0.455 e. The first-order chi connectivity index (χ1) is 44.1. The van der Waals surface area contributed by atoms with E-state index in [9.17, 15) is 0 Å². The van der Waals surface area contributed by atoms with Gasteiger partial charge in [0.2, 0.25) is 0 Å². The molecule has 0 unspecified atom stereocenters. The van der Waals surface area contributed by atoms with Crippen LogP contribution in [0.5, 0.6) is 0 Å². The third-order valence-electron chi connectivity index (χ3n) is 16.1. The molecule has 14 aromatic carbocycles. The number of nitrogens with one attached hydrogen (secondary N) is 1. The van der Waals surface area contributed by atoms with E-state index in [-0.39, 0.29) is 7.43 Å². The van der Waals surface area contributed by atoms with E-state index in [1.54, 1.807) is 0 Å². The number of nitrogens with zero attached hydrogens (tertiary/aromatic N) is 1. The van der Waals surface area contributed by atoms with Crippen molar-refractivity contribution in [3.63, 3.8) is 0 Å². The summed E-state index contributed by atoms with van der Waals surface area (Å²) in [4.78, 5) is 2.38. The molecule has 16 rings (SSSR count). The van der Waals surface area contributed by atoms with Crippen LogP contribution in [0.2, 0.25) is 5.02 Å². The third kappa shape index (κ3) is 12.3. The SMILES string of the molecule is C.Clc1cc(-c2ccccc2)c2oc3ccccc3c2c1.c1ccc(-c2ccc(N(c3cc(-c4ccccc4)c4oc5ccccc5c4c3)c3ccccc3-c3ccccc3)cc2)cc1.c1ccc(-c2ccc(Nc3ccccc3-c3ccccc3)cc2)cc1. The fourth-order valence-corrected chi connectivity index (χ4v) is 12.0. The van der Waals surface area contributed by atoms with Gasteiger partial charge < -0.3 is 19.1 Å². The Balaban J connectivity index is 0.000000136. The van der Waals surface area contributed by atoms with Gasteiger partial charge in [-0.05, 0) is 117 Å². The fourth-order valence-electron chi connectivity index (χ4n) is 11.8. The highest BCUT2D eigenvalue weighted by Gasteiger charge is 2.22. The van der Waals surface area contributed by atoms with Crippen LogP contribution >= 0.6 is 11.6 Å². The molecule has 432 valence electrons. The van der Waals surface area contributed by atoms with Crippen molar-refractivity contribution in [3.8, 4) is 66.8 Å². The number of rotatable bonds is 11. The monoisotopic (exact) mass is 1180 g/mol. The lowest BCUT2D eigenvalue weighted by atomic mass is 9.98. The molecule has 0 aliphatic carbocycles. The molecule has 0 spiro atoms. The maximum Gasteiger partial charge on any atom is 0.143 e. The number of hydrogen-bond acceptors (Lipinski definition) is 4. The molecule has 0 saturated heterocycles. The second kappa shape index (κ2) is 26.7. The van der Waals surface area contributed by atoms with Crippen molar-refractivity contribution in [2.24, 2.45) is 0 Å². The average Bonchev–Trinajstić information content (AvgIpc) is 1.57. The van der Waals surface area contributed by atoms with Gasteiger partial charge in [0.1, 0.15) is 22.3 Å². The number of halogens is 1. The quantitative estimate of drug-likeness (QED) is 0.140. The lowest BCUT2D eigenvalue weighted by molar-refractivity contribution is 0.669. The van der Waals surface area contributed by atoms with Gasteiger partial charge in [0.15, 0.2) is 0 Å².